The van der Waals surface area contributed by atoms with Crippen molar-refractivity contribution in [2.75, 3.05) is 13.1 Å². The Morgan fingerprint density at radius 2 is 1.48 bits per heavy atom. The molecule has 0 unspecified atom stereocenters. The maximum absolute atomic E-state index is 13.4. The topological polar surface area (TPSA) is 57.6 Å². The van der Waals surface area contributed by atoms with Gasteiger partial charge in [0.25, 0.3) is 5.91 Å². The number of hydrogen-bond donors (Lipinski definition) is 1. The van der Waals surface area contributed by atoms with Gasteiger partial charge in [0, 0.05) is 18.7 Å². The van der Waals surface area contributed by atoms with E-state index < -0.39 is 17.7 Å². The number of nitrogens with zero attached hydrogens (tertiary/aromatic N) is 1. The lowest BCUT2D eigenvalue weighted by molar-refractivity contribution is -0.136. The fraction of sp³-hybridized carbons (Fsp3) is 0.250. The monoisotopic (exact) mass is 427 g/mol. The normalized spacial score (nSPS) is 15.3. The van der Waals surface area contributed by atoms with E-state index in [2.05, 4.69) is 0 Å². The molecule has 3 aromatic carbocycles. The number of piperidine rings is 1. The second-order valence-corrected chi connectivity index (χ2v) is 7.70. The Labute approximate surface area is 176 Å². The number of hydrogen-bond acceptors (Lipinski definition) is 2. The Kier molecular flexibility index (Phi) is 5.43. The zero-order valence-electron chi connectivity index (χ0n) is 16.5. The number of fused-ring (bicyclic) bond motifs is 1. The van der Waals surface area contributed by atoms with Crippen molar-refractivity contribution in [2.45, 2.75) is 24.9 Å². The Hall–Kier alpha value is -3.35. The van der Waals surface area contributed by atoms with E-state index in [9.17, 15) is 22.8 Å². The van der Waals surface area contributed by atoms with Gasteiger partial charge < -0.3 is 10.0 Å². The SMILES string of the molecule is O=C(O)c1ccc(C2CCN(C(=O)c3cccc4c(C(F)(F)F)cccc34)CC2)cc1. The molecule has 1 aliphatic rings. The van der Waals surface area contributed by atoms with Gasteiger partial charge in [-0.1, -0.05) is 36.4 Å². The summed E-state index contributed by atoms with van der Waals surface area (Å²) in [6.07, 6.45) is -3.08. The van der Waals surface area contributed by atoms with Crippen LogP contribution in [0.3, 0.4) is 0 Å². The van der Waals surface area contributed by atoms with Crippen LogP contribution in [0, 0.1) is 0 Å². The van der Waals surface area contributed by atoms with Gasteiger partial charge in [0.05, 0.1) is 11.1 Å². The van der Waals surface area contributed by atoms with Crippen LogP contribution in [0.15, 0.2) is 60.7 Å². The first-order valence-electron chi connectivity index (χ1n) is 9.97. The molecule has 4 rings (SSSR count). The number of likely N-dealkylation sites (tertiary alicyclic amines) is 1. The summed E-state index contributed by atoms with van der Waals surface area (Å²) in [7, 11) is 0. The number of carboxylic acids is 1. The second-order valence-electron chi connectivity index (χ2n) is 7.70. The third-order valence-electron chi connectivity index (χ3n) is 5.87. The summed E-state index contributed by atoms with van der Waals surface area (Å²) in [5, 5.41) is 9.34. The molecule has 0 atom stereocenters. The largest absolute Gasteiger partial charge is 0.478 e. The molecular weight excluding hydrogens is 407 g/mol. The Bertz CT molecular complexity index is 1130. The number of carbonyl (C=O) groups is 2. The van der Waals surface area contributed by atoms with Crippen LogP contribution in [-0.4, -0.2) is 35.0 Å². The number of amides is 1. The average Bonchev–Trinajstić information content (AvgIpc) is 2.77. The fourth-order valence-electron chi connectivity index (χ4n) is 4.23. The lowest BCUT2D eigenvalue weighted by Crippen LogP contribution is -2.38. The quantitative estimate of drug-likeness (QED) is 0.594. The van der Waals surface area contributed by atoms with E-state index in [-0.39, 0.29) is 28.3 Å². The van der Waals surface area contributed by atoms with Gasteiger partial charge in [-0.15, -0.1) is 0 Å². The Balaban J connectivity index is 1.53. The number of carbonyl (C=O) groups excluding carboxylic acids is 1. The second kappa shape index (κ2) is 8.06. The summed E-state index contributed by atoms with van der Waals surface area (Å²) < 4.78 is 40.1. The summed E-state index contributed by atoms with van der Waals surface area (Å²) in [5.41, 5.74) is 0.777. The van der Waals surface area contributed by atoms with E-state index >= 15 is 0 Å². The Morgan fingerprint density at radius 1 is 0.871 bits per heavy atom. The van der Waals surface area contributed by atoms with Gasteiger partial charge in [-0.05, 0) is 59.4 Å². The van der Waals surface area contributed by atoms with Crippen molar-refractivity contribution in [1.29, 1.82) is 0 Å². The number of benzene rings is 3. The third kappa shape index (κ3) is 4.13. The molecule has 1 N–H and O–H groups in total. The first kappa shape index (κ1) is 20.9. The minimum atomic E-state index is -4.49. The van der Waals surface area contributed by atoms with E-state index in [0.717, 1.165) is 11.6 Å². The van der Waals surface area contributed by atoms with E-state index in [4.69, 9.17) is 5.11 Å². The summed E-state index contributed by atoms with van der Waals surface area (Å²) >= 11 is 0. The van der Waals surface area contributed by atoms with Gasteiger partial charge in [0.2, 0.25) is 0 Å². The zero-order valence-corrected chi connectivity index (χ0v) is 16.5. The fourth-order valence-corrected chi connectivity index (χ4v) is 4.23. The molecule has 0 radical (unpaired) electrons. The molecule has 0 aliphatic carbocycles. The molecule has 0 bridgehead atoms. The maximum Gasteiger partial charge on any atom is 0.417 e. The predicted octanol–water partition coefficient (Wildman–Crippen LogP) is 5.58. The lowest BCUT2D eigenvalue weighted by Gasteiger charge is -2.32. The number of alkyl halides is 3. The van der Waals surface area contributed by atoms with Gasteiger partial charge in [0.15, 0.2) is 0 Å². The summed E-state index contributed by atoms with van der Waals surface area (Å²) in [6.45, 7) is 0.971. The van der Waals surface area contributed by atoms with Gasteiger partial charge in [-0.2, -0.15) is 13.2 Å². The van der Waals surface area contributed by atoms with E-state index in [1.807, 2.05) is 0 Å². The molecule has 1 aliphatic heterocycles. The first-order chi connectivity index (χ1) is 14.8. The molecule has 1 fully saturated rings. The third-order valence-corrected chi connectivity index (χ3v) is 5.87. The van der Waals surface area contributed by atoms with Crippen LogP contribution in [0.4, 0.5) is 13.2 Å². The standard InChI is InChI=1S/C24H20F3NO3/c25-24(26,27)21-6-2-3-18-19(21)4-1-5-20(18)22(29)28-13-11-16(12-14-28)15-7-9-17(10-8-15)23(30)31/h1-10,16H,11-14H2,(H,30,31). The molecule has 4 nitrogen and oxygen atoms in total. The molecule has 1 amide bonds. The van der Waals surface area contributed by atoms with Crippen molar-refractivity contribution in [3.05, 3.63) is 82.9 Å². The molecule has 0 aromatic heterocycles. The number of halogens is 3. The van der Waals surface area contributed by atoms with Gasteiger partial charge >= 0.3 is 12.1 Å². The van der Waals surface area contributed by atoms with Gasteiger partial charge in [-0.25, -0.2) is 4.79 Å². The van der Waals surface area contributed by atoms with Crippen molar-refractivity contribution in [3.8, 4) is 0 Å². The minimum Gasteiger partial charge on any atom is -0.478 e. The van der Waals surface area contributed by atoms with Crippen molar-refractivity contribution in [1.82, 2.24) is 4.90 Å². The van der Waals surface area contributed by atoms with Crippen LogP contribution in [-0.2, 0) is 6.18 Å². The molecule has 0 spiro atoms. The Morgan fingerprint density at radius 3 is 2.10 bits per heavy atom. The van der Waals surface area contributed by atoms with Crippen LogP contribution >= 0.6 is 0 Å². The van der Waals surface area contributed by atoms with E-state index in [0.29, 0.717) is 31.3 Å². The highest BCUT2D eigenvalue weighted by Crippen LogP contribution is 2.36. The molecule has 1 saturated heterocycles. The molecule has 160 valence electrons. The van der Waals surface area contributed by atoms with Crippen LogP contribution in [0.1, 0.15) is 50.6 Å². The van der Waals surface area contributed by atoms with Crippen molar-refractivity contribution >= 4 is 22.6 Å². The van der Waals surface area contributed by atoms with E-state index in [1.54, 1.807) is 41.3 Å². The highest BCUT2D eigenvalue weighted by Gasteiger charge is 2.33. The number of rotatable bonds is 3. The molecule has 31 heavy (non-hydrogen) atoms. The predicted molar refractivity (Wildman–Crippen MR) is 110 cm³/mol. The summed E-state index contributed by atoms with van der Waals surface area (Å²) in [5.74, 6) is -1.04. The molecule has 7 heteroatoms. The molecule has 0 saturated carbocycles. The summed E-state index contributed by atoms with van der Waals surface area (Å²) in [4.78, 5) is 25.8. The zero-order chi connectivity index (χ0) is 22.2. The van der Waals surface area contributed by atoms with Crippen molar-refractivity contribution in [2.24, 2.45) is 0 Å². The number of carboxylic acid groups (broad SMARTS) is 1. The van der Waals surface area contributed by atoms with E-state index in [1.165, 1.54) is 18.2 Å². The minimum absolute atomic E-state index is 0.0225. The van der Waals surface area contributed by atoms with Crippen molar-refractivity contribution < 1.29 is 27.9 Å². The molecule has 1 heterocycles. The van der Waals surface area contributed by atoms with Crippen molar-refractivity contribution in [3.63, 3.8) is 0 Å². The average molecular weight is 427 g/mol. The molecular formula is C24H20F3NO3. The van der Waals surface area contributed by atoms with Crippen LogP contribution < -0.4 is 0 Å². The van der Waals surface area contributed by atoms with Gasteiger partial charge in [0.1, 0.15) is 0 Å². The number of aromatic carboxylic acids is 1. The van der Waals surface area contributed by atoms with Crippen LogP contribution in [0.2, 0.25) is 0 Å². The highest BCUT2D eigenvalue weighted by molar-refractivity contribution is 6.07. The van der Waals surface area contributed by atoms with Gasteiger partial charge in [-0.3, -0.25) is 4.79 Å². The summed E-state index contributed by atoms with van der Waals surface area (Å²) in [6, 6.07) is 15.1. The smallest absolute Gasteiger partial charge is 0.417 e. The first-order valence-corrected chi connectivity index (χ1v) is 9.97. The molecule has 3 aromatic rings. The highest BCUT2D eigenvalue weighted by atomic mass is 19.4. The maximum atomic E-state index is 13.4. The van der Waals surface area contributed by atoms with Crippen LogP contribution in [0.25, 0.3) is 10.8 Å². The lowest BCUT2D eigenvalue weighted by atomic mass is 9.88. The van der Waals surface area contributed by atoms with Crippen LogP contribution in [0.5, 0.6) is 0 Å².